The summed E-state index contributed by atoms with van der Waals surface area (Å²) in [5.41, 5.74) is 3.57. The summed E-state index contributed by atoms with van der Waals surface area (Å²) in [6.45, 7) is 5.99. The van der Waals surface area contributed by atoms with E-state index in [1.54, 1.807) is 11.3 Å². The van der Waals surface area contributed by atoms with Crippen molar-refractivity contribution in [3.8, 4) is 16.5 Å². The Balaban J connectivity index is 1.45. The maximum Gasteiger partial charge on any atom is 0.151 e. The molecule has 0 aliphatic rings. The van der Waals surface area contributed by atoms with E-state index in [1.807, 2.05) is 6.07 Å². The number of aromatic nitrogens is 2. The van der Waals surface area contributed by atoms with Crippen LogP contribution in [0.15, 0.2) is 66.0 Å². The number of rotatable bonds is 7. The summed E-state index contributed by atoms with van der Waals surface area (Å²) in [5.74, 6) is 2.53. The largest absolute Gasteiger partial charge is 0.494 e. The van der Waals surface area contributed by atoms with Crippen LogP contribution in [0.3, 0.4) is 0 Å². The van der Waals surface area contributed by atoms with Crippen molar-refractivity contribution in [1.29, 1.82) is 0 Å². The first-order valence-electron chi connectivity index (χ1n) is 9.44. The van der Waals surface area contributed by atoms with Gasteiger partial charge in [-0.3, -0.25) is 0 Å². The summed E-state index contributed by atoms with van der Waals surface area (Å²) < 4.78 is 8.26. The van der Waals surface area contributed by atoms with E-state index in [9.17, 15) is 0 Å². The van der Waals surface area contributed by atoms with Gasteiger partial charge < -0.3 is 9.30 Å². The molecule has 4 aromatic rings. The lowest BCUT2D eigenvalue weighted by Gasteiger charge is -2.11. The number of thiophene rings is 1. The Morgan fingerprint density at radius 2 is 1.81 bits per heavy atom. The van der Waals surface area contributed by atoms with Gasteiger partial charge in [-0.15, -0.1) is 11.3 Å². The lowest BCUT2D eigenvalue weighted by atomic mass is 10.0. The highest BCUT2D eigenvalue weighted by Gasteiger charge is 2.12. The molecule has 0 bridgehead atoms. The minimum atomic E-state index is 0.546. The Hall–Kier alpha value is -2.59. The van der Waals surface area contributed by atoms with Crippen LogP contribution < -0.4 is 4.74 Å². The maximum atomic E-state index is 5.95. The van der Waals surface area contributed by atoms with E-state index >= 15 is 0 Å². The molecule has 0 fully saturated rings. The third-order valence-corrected chi connectivity index (χ3v) is 5.60. The zero-order valence-electron chi connectivity index (χ0n) is 15.8. The summed E-state index contributed by atoms with van der Waals surface area (Å²) >= 11 is 1.73. The van der Waals surface area contributed by atoms with Gasteiger partial charge >= 0.3 is 0 Å². The highest BCUT2D eigenvalue weighted by atomic mass is 32.1. The van der Waals surface area contributed by atoms with Gasteiger partial charge in [-0.05, 0) is 53.6 Å². The van der Waals surface area contributed by atoms with Gasteiger partial charge in [-0.1, -0.05) is 44.2 Å². The minimum absolute atomic E-state index is 0.546. The summed E-state index contributed by atoms with van der Waals surface area (Å²) in [4.78, 5) is 6.06. The van der Waals surface area contributed by atoms with Crippen molar-refractivity contribution in [2.24, 2.45) is 0 Å². The van der Waals surface area contributed by atoms with Crippen molar-refractivity contribution in [2.45, 2.75) is 32.7 Å². The van der Waals surface area contributed by atoms with Gasteiger partial charge in [-0.2, -0.15) is 0 Å². The molecule has 0 aliphatic carbocycles. The molecule has 0 unspecified atom stereocenters. The fourth-order valence-electron chi connectivity index (χ4n) is 3.26. The standard InChI is InChI=1S/C23H24N2OS/c1-17(2)18-10-12-19(13-11-18)26-15-6-14-25-21-8-4-3-7-20(21)24-23(25)22-9-5-16-27-22/h3-5,7-13,16-17H,6,14-15H2,1-2H3. The van der Waals surface area contributed by atoms with Gasteiger partial charge in [0, 0.05) is 6.54 Å². The molecule has 2 aromatic heterocycles. The number of para-hydroxylation sites is 2. The third kappa shape index (κ3) is 3.91. The molecule has 2 heterocycles. The highest BCUT2D eigenvalue weighted by Crippen LogP contribution is 2.28. The molecule has 0 saturated carbocycles. The monoisotopic (exact) mass is 376 g/mol. The Labute approximate surface area is 164 Å². The van der Waals surface area contributed by atoms with Crippen molar-refractivity contribution >= 4 is 22.4 Å². The fourth-order valence-corrected chi connectivity index (χ4v) is 3.98. The van der Waals surface area contributed by atoms with Crippen LogP contribution >= 0.6 is 11.3 Å². The second-order valence-electron chi connectivity index (χ2n) is 6.98. The van der Waals surface area contributed by atoms with E-state index in [2.05, 4.69) is 78.4 Å². The third-order valence-electron chi connectivity index (χ3n) is 4.74. The molecule has 0 radical (unpaired) electrons. The van der Waals surface area contributed by atoms with Crippen LogP contribution in [0.4, 0.5) is 0 Å². The van der Waals surface area contributed by atoms with Crippen LogP contribution in [-0.4, -0.2) is 16.2 Å². The maximum absolute atomic E-state index is 5.95. The molecular formula is C23H24N2OS. The Morgan fingerprint density at radius 3 is 2.56 bits per heavy atom. The van der Waals surface area contributed by atoms with Crippen molar-refractivity contribution in [2.75, 3.05) is 6.61 Å². The van der Waals surface area contributed by atoms with Gasteiger partial charge in [0.1, 0.15) is 5.75 Å². The fraction of sp³-hybridized carbons (Fsp3) is 0.261. The van der Waals surface area contributed by atoms with Crippen LogP contribution in [0.1, 0.15) is 31.7 Å². The van der Waals surface area contributed by atoms with E-state index in [0.29, 0.717) is 12.5 Å². The van der Waals surface area contributed by atoms with Crippen LogP contribution in [0, 0.1) is 0 Å². The minimum Gasteiger partial charge on any atom is -0.494 e. The van der Waals surface area contributed by atoms with Crippen LogP contribution in [0.5, 0.6) is 5.75 Å². The molecule has 0 aliphatic heterocycles. The summed E-state index contributed by atoms with van der Waals surface area (Å²) in [6.07, 6.45) is 0.935. The molecule has 4 rings (SSSR count). The van der Waals surface area contributed by atoms with E-state index in [4.69, 9.17) is 9.72 Å². The van der Waals surface area contributed by atoms with E-state index in [0.717, 1.165) is 30.1 Å². The number of benzene rings is 2. The molecule has 0 atom stereocenters. The Morgan fingerprint density at radius 1 is 1.00 bits per heavy atom. The lowest BCUT2D eigenvalue weighted by molar-refractivity contribution is 0.303. The summed E-state index contributed by atoms with van der Waals surface area (Å²) in [6, 6.07) is 21.0. The van der Waals surface area contributed by atoms with E-state index in [1.165, 1.54) is 16.0 Å². The predicted molar refractivity (Wildman–Crippen MR) is 114 cm³/mol. The first-order chi connectivity index (χ1) is 13.2. The number of ether oxygens (including phenoxy) is 1. The zero-order chi connectivity index (χ0) is 18.6. The van der Waals surface area contributed by atoms with Crippen LogP contribution in [-0.2, 0) is 6.54 Å². The normalized spacial score (nSPS) is 11.4. The molecule has 4 heteroatoms. The summed E-state index contributed by atoms with van der Waals surface area (Å²) in [5, 5.41) is 2.10. The number of hydrogen-bond acceptors (Lipinski definition) is 3. The van der Waals surface area contributed by atoms with E-state index < -0.39 is 0 Å². The van der Waals surface area contributed by atoms with Gasteiger partial charge in [0.05, 0.1) is 22.5 Å². The average molecular weight is 377 g/mol. The second kappa shape index (κ2) is 7.97. The molecule has 0 saturated heterocycles. The smallest absolute Gasteiger partial charge is 0.151 e. The zero-order valence-corrected chi connectivity index (χ0v) is 16.6. The topological polar surface area (TPSA) is 27.1 Å². The summed E-state index contributed by atoms with van der Waals surface area (Å²) in [7, 11) is 0. The molecule has 0 amide bonds. The van der Waals surface area contributed by atoms with Gasteiger partial charge in [0.2, 0.25) is 0 Å². The second-order valence-corrected chi connectivity index (χ2v) is 7.93. The number of imidazole rings is 1. The van der Waals surface area contributed by atoms with Crippen molar-refractivity contribution < 1.29 is 4.74 Å². The predicted octanol–water partition coefficient (Wildman–Crippen LogP) is 6.36. The lowest BCUT2D eigenvalue weighted by Crippen LogP contribution is -2.05. The average Bonchev–Trinajstić information content (AvgIpc) is 3.33. The SMILES string of the molecule is CC(C)c1ccc(OCCCn2c(-c3cccs3)nc3ccccc32)cc1. The number of nitrogens with zero attached hydrogens (tertiary/aromatic N) is 2. The molecule has 0 spiro atoms. The van der Waals surface area contributed by atoms with Crippen LogP contribution in [0.2, 0.25) is 0 Å². The Bertz CT molecular complexity index is 1000. The number of aryl methyl sites for hydroxylation is 1. The number of fused-ring (bicyclic) bond motifs is 1. The first kappa shape index (κ1) is 17.8. The van der Waals surface area contributed by atoms with Gasteiger partial charge in [0.15, 0.2) is 5.82 Å². The first-order valence-corrected chi connectivity index (χ1v) is 10.3. The van der Waals surface area contributed by atoms with E-state index in [-0.39, 0.29) is 0 Å². The van der Waals surface area contributed by atoms with Crippen LogP contribution in [0.25, 0.3) is 21.7 Å². The molecular weight excluding hydrogens is 352 g/mol. The molecule has 27 heavy (non-hydrogen) atoms. The number of hydrogen-bond donors (Lipinski definition) is 0. The molecule has 2 aromatic carbocycles. The highest BCUT2D eigenvalue weighted by molar-refractivity contribution is 7.13. The van der Waals surface area contributed by atoms with Gasteiger partial charge in [-0.25, -0.2) is 4.98 Å². The Kier molecular flexibility index (Phi) is 5.26. The molecule has 138 valence electrons. The van der Waals surface area contributed by atoms with Crippen molar-refractivity contribution in [1.82, 2.24) is 9.55 Å². The molecule has 0 N–H and O–H groups in total. The van der Waals surface area contributed by atoms with Crippen molar-refractivity contribution in [3.05, 3.63) is 71.6 Å². The quantitative estimate of drug-likeness (QED) is 0.351. The van der Waals surface area contributed by atoms with Crippen molar-refractivity contribution in [3.63, 3.8) is 0 Å². The molecule has 3 nitrogen and oxygen atoms in total. The van der Waals surface area contributed by atoms with Gasteiger partial charge in [0.25, 0.3) is 0 Å².